The van der Waals surface area contributed by atoms with E-state index < -0.39 is 4.92 Å². The highest BCUT2D eigenvalue weighted by molar-refractivity contribution is 5.97. The quantitative estimate of drug-likeness (QED) is 0.595. The van der Waals surface area contributed by atoms with Crippen LogP contribution in [0.15, 0.2) is 48.5 Å². The third-order valence-electron chi connectivity index (χ3n) is 4.06. The summed E-state index contributed by atoms with van der Waals surface area (Å²) in [5.74, 6) is 0.458. The van der Waals surface area contributed by atoms with Crippen LogP contribution in [0.3, 0.4) is 0 Å². The maximum Gasteiger partial charge on any atom is 0.270 e. The second kappa shape index (κ2) is 9.17. The summed E-state index contributed by atoms with van der Waals surface area (Å²) < 4.78 is 5.74. The number of non-ortho nitro benzene ring substituents is 1. The first-order valence-electron chi connectivity index (χ1n) is 8.16. The summed E-state index contributed by atoms with van der Waals surface area (Å²) in [6, 6.07) is 13.2. The molecule has 3 rings (SSSR count). The maximum atomic E-state index is 12.5. The number of amides is 1. The zero-order chi connectivity index (χ0) is 17.6. The molecule has 0 aliphatic carbocycles. The van der Waals surface area contributed by atoms with Gasteiger partial charge in [-0.3, -0.25) is 14.9 Å². The molecular weight excluding hydrogens is 358 g/mol. The molecular formula is C18H20ClN3O4. The van der Waals surface area contributed by atoms with Crippen molar-refractivity contribution in [2.45, 2.75) is 18.9 Å². The molecule has 1 unspecified atom stereocenters. The van der Waals surface area contributed by atoms with Gasteiger partial charge in [-0.15, -0.1) is 12.4 Å². The largest absolute Gasteiger partial charge is 0.457 e. The molecule has 1 fully saturated rings. The van der Waals surface area contributed by atoms with E-state index in [0.717, 1.165) is 19.4 Å². The standard InChI is InChI=1S/C18H19N3O4.ClH/c22-18(20-12-13-5-4-10-19-13)16-11-14(21(23)24)8-9-17(16)25-15-6-2-1-3-7-15;/h1-3,6-9,11,13,19H,4-5,10,12H2,(H,20,22);1H. The predicted octanol–water partition coefficient (Wildman–Crippen LogP) is 3.29. The van der Waals surface area contributed by atoms with Gasteiger partial charge >= 0.3 is 0 Å². The Kier molecular flexibility index (Phi) is 6.94. The number of nitrogens with zero attached hydrogens (tertiary/aromatic N) is 1. The Bertz CT molecular complexity index is 764. The van der Waals surface area contributed by atoms with Gasteiger partial charge in [0.15, 0.2) is 0 Å². The lowest BCUT2D eigenvalue weighted by Gasteiger charge is -2.14. The van der Waals surface area contributed by atoms with Crippen molar-refractivity contribution in [1.82, 2.24) is 10.6 Å². The van der Waals surface area contributed by atoms with Gasteiger partial charge in [0.25, 0.3) is 11.6 Å². The molecule has 1 atom stereocenters. The summed E-state index contributed by atoms with van der Waals surface area (Å²) in [6.07, 6.45) is 2.09. The minimum atomic E-state index is -0.526. The molecule has 1 amide bonds. The molecule has 0 spiro atoms. The fourth-order valence-electron chi connectivity index (χ4n) is 2.76. The Morgan fingerprint density at radius 1 is 1.27 bits per heavy atom. The van der Waals surface area contributed by atoms with E-state index in [4.69, 9.17) is 4.74 Å². The number of nitro benzene ring substituents is 1. The normalized spacial score (nSPS) is 15.8. The number of ether oxygens (including phenoxy) is 1. The van der Waals surface area contributed by atoms with Gasteiger partial charge in [0, 0.05) is 24.7 Å². The number of halogens is 1. The van der Waals surface area contributed by atoms with E-state index in [2.05, 4.69) is 10.6 Å². The molecule has 1 aliphatic heterocycles. The molecule has 2 N–H and O–H groups in total. The van der Waals surface area contributed by atoms with Crippen LogP contribution in [-0.2, 0) is 0 Å². The Labute approximate surface area is 157 Å². The molecule has 2 aromatic rings. The summed E-state index contributed by atoms with van der Waals surface area (Å²) in [5.41, 5.74) is 0.000558. The average Bonchev–Trinajstić information content (AvgIpc) is 3.14. The number of nitrogens with one attached hydrogen (secondary N) is 2. The highest BCUT2D eigenvalue weighted by Crippen LogP contribution is 2.28. The molecule has 138 valence electrons. The van der Waals surface area contributed by atoms with Crippen molar-refractivity contribution in [2.75, 3.05) is 13.1 Å². The number of carbonyl (C=O) groups excluding carboxylic acids is 1. The topological polar surface area (TPSA) is 93.5 Å². The van der Waals surface area contributed by atoms with Crippen LogP contribution in [0, 0.1) is 10.1 Å². The van der Waals surface area contributed by atoms with Crippen LogP contribution in [-0.4, -0.2) is 30.0 Å². The Hall–Kier alpha value is -2.64. The van der Waals surface area contributed by atoms with Crippen molar-refractivity contribution in [2.24, 2.45) is 0 Å². The number of benzene rings is 2. The highest BCUT2D eigenvalue weighted by Gasteiger charge is 2.20. The Morgan fingerprint density at radius 3 is 2.69 bits per heavy atom. The number of hydrogen-bond acceptors (Lipinski definition) is 5. The molecule has 1 heterocycles. The molecule has 0 aromatic heterocycles. The summed E-state index contributed by atoms with van der Waals surface area (Å²) in [7, 11) is 0. The van der Waals surface area contributed by atoms with Gasteiger partial charge in [-0.2, -0.15) is 0 Å². The number of carbonyl (C=O) groups is 1. The van der Waals surface area contributed by atoms with Gasteiger partial charge < -0.3 is 15.4 Å². The minimum Gasteiger partial charge on any atom is -0.457 e. The number of rotatable bonds is 6. The second-order valence-corrected chi connectivity index (χ2v) is 5.86. The molecule has 1 saturated heterocycles. The Balaban J connectivity index is 0.00000243. The van der Waals surface area contributed by atoms with Crippen molar-refractivity contribution in [3.63, 3.8) is 0 Å². The number of para-hydroxylation sites is 1. The van der Waals surface area contributed by atoms with Gasteiger partial charge in [-0.25, -0.2) is 0 Å². The highest BCUT2D eigenvalue weighted by atomic mass is 35.5. The van der Waals surface area contributed by atoms with Crippen LogP contribution >= 0.6 is 12.4 Å². The lowest BCUT2D eigenvalue weighted by molar-refractivity contribution is -0.384. The molecule has 0 radical (unpaired) electrons. The molecule has 8 heteroatoms. The van der Waals surface area contributed by atoms with Crippen LogP contribution in [0.1, 0.15) is 23.2 Å². The zero-order valence-electron chi connectivity index (χ0n) is 14.0. The van der Waals surface area contributed by atoms with E-state index in [1.54, 1.807) is 12.1 Å². The van der Waals surface area contributed by atoms with Gasteiger partial charge in [0.1, 0.15) is 11.5 Å². The monoisotopic (exact) mass is 377 g/mol. The van der Waals surface area contributed by atoms with E-state index in [1.165, 1.54) is 18.2 Å². The van der Waals surface area contributed by atoms with Crippen LogP contribution in [0.5, 0.6) is 11.5 Å². The molecule has 2 aromatic carbocycles. The third kappa shape index (κ3) is 4.93. The van der Waals surface area contributed by atoms with Gasteiger partial charge in [-0.1, -0.05) is 18.2 Å². The zero-order valence-corrected chi connectivity index (χ0v) is 14.8. The first-order valence-corrected chi connectivity index (χ1v) is 8.16. The van der Waals surface area contributed by atoms with Crippen molar-refractivity contribution in [3.8, 4) is 11.5 Å². The summed E-state index contributed by atoms with van der Waals surface area (Å²) >= 11 is 0. The second-order valence-electron chi connectivity index (χ2n) is 5.86. The van der Waals surface area contributed by atoms with Gasteiger partial charge in [0.2, 0.25) is 0 Å². The van der Waals surface area contributed by atoms with Crippen molar-refractivity contribution < 1.29 is 14.5 Å². The Morgan fingerprint density at radius 2 is 2.04 bits per heavy atom. The van der Waals surface area contributed by atoms with Crippen LogP contribution in [0.4, 0.5) is 5.69 Å². The summed E-state index contributed by atoms with van der Waals surface area (Å²) in [5, 5.41) is 17.2. The number of hydrogen-bond donors (Lipinski definition) is 2. The van der Waals surface area contributed by atoms with E-state index >= 15 is 0 Å². The minimum absolute atomic E-state index is 0. The van der Waals surface area contributed by atoms with Crippen molar-refractivity contribution in [1.29, 1.82) is 0 Å². The summed E-state index contributed by atoms with van der Waals surface area (Å²) in [6.45, 7) is 1.42. The SMILES string of the molecule is Cl.O=C(NCC1CCCN1)c1cc([N+](=O)[O-])ccc1Oc1ccccc1. The van der Waals surface area contributed by atoms with Crippen LogP contribution < -0.4 is 15.4 Å². The first-order chi connectivity index (χ1) is 12.1. The average molecular weight is 378 g/mol. The molecule has 0 bridgehead atoms. The third-order valence-corrected chi connectivity index (χ3v) is 4.06. The number of nitro groups is 1. The lowest BCUT2D eigenvalue weighted by atomic mass is 10.1. The molecule has 7 nitrogen and oxygen atoms in total. The van der Waals surface area contributed by atoms with E-state index in [1.807, 2.05) is 18.2 Å². The van der Waals surface area contributed by atoms with Gasteiger partial charge in [-0.05, 0) is 37.6 Å². The molecule has 0 saturated carbocycles. The van der Waals surface area contributed by atoms with Crippen molar-refractivity contribution in [3.05, 3.63) is 64.2 Å². The van der Waals surface area contributed by atoms with E-state index in [9.17, 15) is 14.9 Å². The lowest BCUT2D eigenvalue weighted by Crippen LogP contribution is -2.37. The predicted molar refractivity (Wildman–Crippen MR) is 100 cm³/mol. The van der Waals surface area contributed by atoms with Gasteiger partial charge in [0.05, 0.1) is 10.5 Å². The fraction of sp³-hybridized carbons (Fsp3) is 0.278. The summed E-state index contributed by atoms with van der Waals surface area (Å²) in [4.78, 5) is 23.1. The van der Waals surface area contributed by atoms with Crippen LogP contribution in [0.2, 0.25) is 0 Å². The fourth-order valence-corrected chi connectivity index (χ4v) is 2.76. The van der Waals surface area contributed by atoms with Crippen LogP contribution in [0.25, 0.3) is 0 Å². The smallest absolute Gasteiger partial charge is 0.270 e. The first kappa shape index (κ1) is 19.7. The molecule has 26 heavy (non-hydrogen) atoms. The maximum absolute atomic E-state index is 12.5. The van der Waals surface area contributed by atoms with E-state index in [0.29, 0.717) is 12.3 Å². The van der Waals surface area contributed by atoms with E-state index in [-0.39, 0.29) is 41.4 Å². The molecule has 1 aliphatic rings. The van der Waals surface area contributed by atoms with Crippen molar-refractivity contribution >= 4 is 24.0 Å².